The Morgan fingerprint density at radius 1 is 1.10 bits per heavy atom. The Bertz CT molecular complexity index is 507. The summed E-state index contributed by atoms with van der Waals surface area (Å²) in [6, 6.07) is 10.5. The van der Waals surface area contributed by atoms with Crippen molar-refractivity contribution in [2.24, 2.45) is 5.41 Å². The van der Waals surface area contributed by atoms with Gasteiger partial charge in [-0.1, -0.05) is 49.6 Å². The van der Waals surface area contributed by atoms with E-state index in [1.807, 2.05) is 23.1 Å². The summed E-state index contributed by atoms with van der Waals surface area (Å²) in [4.78, 5) is 15.0. The van der Waals surface area contributed by atoms with Crippen LogP contribution in [0.25, 0.3) is 0 Å². The maximum Gasteiger partial charge on any atom is 0.231 e. The zero-order valence-electron chi connectivity index (χ0n) is 11.8. The van der Waals surface area contributed by atoms with Crippen LogP contribution >= 0.6 is 0 Å². The van der Waals surface area contributed by atoms with Gasteiger partial charge in [-0.15, -0.1) is 0 Å². The fourth-order valence-corrected chi connectivity index (χ4v) is 4.32. The van der Waals surface area contributed by atoms with Gasteiger partial charge in [0, 0.05) is 5.56 Å². The fourth-order valence-electron chi connectivity index (χ4n) is 4.32. The van der Waals surface area contributed by atoms with Crippen LogP contribution < -0.4 is 0 Å². The molecule has 3 nitrogen and oxygen atoms in total. The smallest absolute Gasteiger partial charge is 0.231 e. The van der Waals surface area contributed by atoms with Crippen LogP contribution in [-0.4, -0.2) is 23.5 Å². The Kier molecular flexibility index (Phi) is 2.84. The summed E-state index contributed by atoms with van der Waals surface area (Å²) in [7, 11) is 0. The second kappa shape index (κ2) is 4.59. The highest BCUT2D eigenvalue weighted by Crippen LogP contribution is 2.51. The SMILES string of the molecule is O=C1N2[C@H](CO[C@@H]2c2ccccc2)CC12CCCCC2. The molecule has 1 aromatic rings. The van der Waals surface area contributed by atoms with Crippen LogP contribution in [0, 0.1) is 5.41 Å². The topological polar surface area (TPSA) is 29.5 Å². The second-order valence-corrected chi connectivity index (χ2v) is 6.51. The summed E-state index contributed by atoms with van der Waals surface area (Å²) in [5, 5.41) is 0. The quantitative estimate of drug-likeness (QED) is 0.784. The van der Waals surface area contributed by atoms with Crippen molar-refractivity contribution in [2.45, 2.75) is 50.8 Å². The molecule has 3 fully saturated rings. The molecular formula is C17H21NO2. The van der Waals surface area contributed by atoms with Crippen molar-refractivity contribution in [3.05, 3.63) is 35.9 Å². The molecule has 4 rings (SSSR count). The minimum absolute atomic E-state index is 0.0558. The molecule has 0 aromatic heterocycles. The van der Waals surface area contributed by atoms with Gasteiger partial charge in [-0.25, -0.2) is 0 Å². The molecule has 0 radical (unpaired) electrons. The molecular weight excluding hydrogens is 250 g/mol. The van der Waals surface area contributed by atoms with Crippen LogP contribution in [0.3, 0.4) is 0 Å². The third kappa shape index (κ3) is 1.72. The van der Waals surface area contributed by atoms with Gasteiger partial charge in [0.1, 0.15) is 0 Å². The van der Waals surface area contributed by atoms with E-state index in [0.717, 1.165) is 24.8 Å². The average Bonchev–Trinajstić information content (AvgIpc) is 3.01. The van der Waals surface area contributed by atoms with Crippen molar-refractivity contribution < 1.29 is 9.53 Å². The normalized spacial score (nSPS) is 31.8. The van der Waals surface area contributed by atoms with Crippen molar-refractivity contribution in [2.75, 3.05) is 6.61 Å². The van der Waals surface area contributed by atoms with E-state index in [0.29, 0.717) is 18.6 Å². The predicted octanol–water partition coefficient (Wildman–Crippen LogP) is 3.27. The molecule has 1 saturated carbocycles. The van der Waals surface area contributed by atoms with Gasteiger partial charge < -0.3 is 9.64 Å². The monoisotopic (exact) mass is 271 g/mol. The third-order valence-corrected chi connectivity index (χ3v) is 5.30. The Morgan fingerprint density at radius 3 is 2.60 bits per heavy atom. The molecule has 20 heavy (non-hydrogen) atoms. The van der Waals surface area contributed by atoms with Gasteiger partial charge in [0.05, 0.1) is 18.1 Å². The van der Waals surface area contributed by atoms with E-state index < -0.39 is 0 Å². The van der Waals surface area contributed by atoms with Crippen LogP contribution in [-0.2, 0) is 9.53 Å². The Balaban J connectivity index is 1.64. The van der Waals surface area contributed by atoms with E-state index in [4.69, 9.17) is 4.74 Å². The first kappa shape index (κ1) is 12.4. The molecule has 2 heterocycles. The molecule has 106 valence electrons. The number of nitrogens with zero attached hydrogens (tertiary/aromatic N) is 1. The minimum Gasteiger partial charge on any atom is -0.352 e. The van der Waals surface area contributed by atoms with Gasteiger partial charge in [-0.05, 0) is 19.3 Å². The van der Waals surface area contributed by atoms with Gasteiger partial charge in [0.15, 0.2) is 6.23 Å². The van der Waals surface area contributed by atoms with E-state index in [1.54, 1.807) is 0 Å². The van der Waals surface area contributed by atoms with Crippen molar-refractivity contribution in [3.63, 3.8) is 0 Å². The number of fused-ring (bicyclic) bond motifs is 1. The second-order valence-electron chi connectivity index (χ2n) is 6.51. The van der Waals surface area contributed by atoms with Crippen LogP contribution in [0.4, 0.5) is 0 Å². The molecule has 2 saturated heterocycles. The Labute approximate surface area is 119 Å². The van der Waals surface area contributed by atoms with Crippen molar-refractivity contribution >= 4 is 5.91 Å². The Hall–Kier alpha value is -1.35. The number of benzene rings is 1. The summed E-state index contributed by atoms with van der Waals surface area (Å²) in [5.41, 5.74) is 1.05. The summed E-state index contributed by atoms with van der Waals surface area (Å²) >= 11 is 0. The minimum atomic E-state index is -0.157. The zero-order valence-corrected chi connectivity index (χ0v) is 11.8. The van der Waals surface area contributed by atoms with Crippen LogP contribution in [0.1, 0.15) is 50.3 Å². The highest BCUT2D eigenvalue weighted by Gasteiger charge is 2.56. The van der Waals surface area contributed by atoms with Crippen LogP contribution in [0.15, 0.2) is 30.3 Å². The predicted molar refractivity (Wildman–Crippen MR) is 75.9 cm³/mol. The van der Waals surface area contributed by atoms with Gasteiger partial charge in [-0.3, -0.25) is 4.79 Å². The van der Waals surface area contributed by atoms with E-state index in [-0.39, 0.29) is 11.6 Å². The van der Waals surface area contributed by atoms with E-state index in [1.165, 1.54) is 19.3 Å². The number of amides is 1. The summed E-state index contributed by atoms with van der Waals surface area (Å²) in [6.45, 7) is 0.701. The standard InChI is InChI=1S/C17H21NO2/c19-16-17(9-5-2-6-10-17)11-14-12-20-15(18(14)16)13-7-3-1-4-8-13/h1,3-4,7-8,14-15H,2,5-6,9-12H2/t14-,15+/m0/s1. The lowest BCUT2D eigenvalue weighted by Gasteiger charge is -2.33. The van der Waals surface area contributed by atoms with E-state index >= 15 is 0 Å². The van der Waals surface area contributed by atoms with E-state index in [2.05, 4.69) is 12.1 Å². The highest BCUT2D eigenvalue weighted by molar-refractivity contribution is 5.86. The maximum absolute atomic E-state index is 13.0. The molecule has 1 aliphatic carbocycles. The lowest BCUT2D eigenvalue weighted by molar-refractivity contribution is -0.144. The van der Waals surface area contributed by atoms with Crippen molar-refractivity contribution in [3.8, 4) is 0 Å². The first-order valence-corrected chi connectivity index (χ1v) is 7.80. The molecule has 0 bridgehead atoms. The van der Waals surface area contributed by atoms with Gasteiger partial charge in [-0.2, -0.15) is 0 Å². The first-order valence-electron chi connectivity index (χ1n) is 7.80. The molecule has 1 spiro atoms. The summed E-state index contributed by atoms with van der Waals surface area (Å²) in [6.07, 6.45) is 6.73. The van der Waals surface area contributed by atoms with Crippen LogP contribution in [0.2, 0.25) is 0 Å². The van der Waals surface area contributed by atoms with Crippen LogP contribution in [0.5, 0.6) is 0 Å². The molecule has 2 aliphatic heterocycles. The van der Waals surface area contributed by atoms with Crippen molar-refractivity contribution in [1.82, 2.24) is 4.90 Å². The van der Waals surface area contributed by atoms with Gasteiger partial charge in [0.2, 0.25) is 5.91 Å². The zero-order chi connectivity index (χ0) is 13.6. The highest BCUT2D eigenvalue weighted by atomic mass is 16.5. The number of rotatable bonds is 1. The average molecular weight is 271 g/mol. The number of ether oxygens (including phenoxy) is 1. The first-order chi connectivity index (χ1) is 9.80. The number of carbonyl (C=O) groups is 1. The fraction of sp³-hybridized carbons (Fsp3) is 0.588. The maximum atomic E-state index is 13.0. The molecule has 0 unspecified atom stereocenters. The molecule has 3 heteroatoms. The number of hydrogen-bond donors (Lipinski definition) is 0. The molecule has 2 atom stereocenters. The largest absolute Gasteiger partial charge is 0.352 e. The third-order valence-electron chi connectivity index (χ3n) is 5.30. The van der Waals surface area contributed by atoms with Gasteiger partial charge >= 0.3 is 0 Å². The lowest BCUT2D eigenvalue weighted by Crippen LogP contribution is -2.37. The van der Waals surface area contributed by atoms with Crippen molar-refractivity contribution in [1.29, 1.82) is 0 Å². The summed E-state index contributed by atoms with van der Waals surface area (Å²) in [5.74, 6) is 0.355. The van der Waals surface area contributed by atoms with E-state index in [9.17, 15) is 4.79 Å². The van der Waals surface area contributed by atoms with Gasteiger partial charge in [0.25, 0.3) is 0 Å². The lowest BCUT2D eigenvalue weighted by atomic mass is 9.72. The molecule has 1 aromatic carbocycles. The Morgan fingerprint density at radius 2 is 1.85 bits per heavy atom. The molecule has 0 N–H and O–H groups in total. The summed E-state index contributed by atoms with van der Waals surface area (Å²) < 4.78 is 5.92. The molecule has 3 aliphatic rings. The number of carbonyl (C=O) groups excluding carboxylic acids is 1. The molecule has 1 amide bonds. The number of hydrogen-bond acceptors (Lipinski definition) is 2.